The number of benzene rings is 1. The van der Waals surface area contributed by atoms with Gasteiger partial charge < -0.3 is 16.2 Å². The van der Waals surface area contributed by atoms with Gasteiger partial charge in [-0.1, -0.05) is 6.92 Å². The van der Waals surface area contributed by atoms with Gasteiger partial charge in [-0.3, -0.25) is 0 Å². The lowest BCUT2D eigenvalue weighted by molar-refractivity contribution is 0.278. The van der Waals surface area contributed by atoms with Gasteiger partial charge in [-0.2, -0.15) is 0 Å². The summed E-state index contributed by atoms with van der Waals surface area (Å²) in [7, 11) is 0. The SMILES string of the molecule is CCC(CCO)Nc1ccc(N)cc1I. The van der Waals surface area contributed by atoms with Crippen molar-refractivity contribution < 1.29 is 5.11 Å². The van der Waals surface area contributed by atoms with Crippen LogP contribution in [0.1, 0.15) is 19.8 Å². The third-order valence-electron chi connectivity index (χ3n) is 2.32. The molecular formula is C11H17IN2O. The Morgan fingerprint density at radius 2 is 2.27 bits per heavy atom. The van der Waals surface area contributed by atoms with E-state index in [0.717, 1.165) is 27.8 Å². The number of nitrogens with one attached hydrogen (secondary N) is 1. The van der Waals surface area contributed by atoms with Crippen LogP contribution < -0.4 is 11.1 Å². The minimum atomic E-state index is 0.219. The largest absolute Gasteiger partial charge is 0.399 e. The van der Waals surface area contributed by atoms with E-state index in [9.17, 15) is 0 Å². The Morgan fingerprint density at radius 3 is 2.80 bits per heavy atom. The standard InChI is InChI=1S/C11H17IN2O/c1-2-9(5-6-15)14-11-4-3-8(13)7-10(11)12/h3-4,7,9,14-15H,2,5-6,13H2,1H3. The highest BCUT2D eigenvalue weighted by atomic mass is 127. The lowest BCUT2D eigenvalue weighted by Gasteiger charge is -2.18. The predicted octanol–water partition coefficient (Wildman–Crippen LogP) is 2.45. The molecule has 0 bridgehead atoms. The Labute approximate surface area is 104 Å². The van der Waals surface area contributed by atoms with Crippen molar-refractivity contribution >= 4 is 34.0 Å². The van der Waals surface area contributed by atoms with E-state index < -0.39 is 0 Å². The first-order chi connectivity index (χ1) is 7.17. The Morgan fingerprint density at radius 1 is 1.53 bits per heavy atom. The monoisotopic (exact) mass is 320 g/mol. The van der Waals surface area contributed by atoms with Gasteiger partial charge in [0.1, 0.15) is 0 Å². The topological polar surface area (TPSA) is 58.3 Å². The van der Waals surface area contributed by atoms with Crippen LogP contribution in [0.4, 0.5) is 11.4 Å². The van der Waals surface area contributed by atoms with Crippen molar-refractivity contribution in [1.29, 1.82) is 0 Å². The first-order valence-corrected chi connectivity index (χ1v) is 6.17. The van der Waals surface area contributed by atoms with E-state index in [1.165, 1.54) is 0 Å². The van der Waals surface area contributed by atoms with Crippen LogP contribution in [0.2, 0.25) is 0 Å². The molecule has 0 amide bonds. The van der Waals surface area contributed by atoms with Gasteiger partial charge in [0, 0.05) is 27.6 Å². The van der Waals surface area contributed by atoms with Crippen molar-refractivity contribution in [2.24, 2.45) is 0 Å². The van der Waals surface area contributed by atoms with Crippen LogP contribution in [0.25, 0.3) is 0 Å². The molecule has 1 atom stereocenters. The summed E-state index contributed by atoms with van der Waals surface area (Å²) in [6.45, 7) is 2.33. The van der Waals surface area contributed by atoms with Gasteiger partial charge in [0.2, 0.25) is 0 Å². The van der Waals surface area contributed by atoms with Gasteiger partial charge in [0.15, 0.2) is 0 Å². The van der Waals surface area contributed by atoms with Crippen LogP contribution in [0, 0.1) is 3.57 Å². The number of aliphatic hydroxyl groups excluding tert-OH is 1. The van der Waals surface area contributed by atoms with E-state index in [0.29, 0.717) is 6.04 Å². The smallest absolute Gasteiger partial charge is 0.0479 e. The van der Waals surface area contributed by atoms with Gasteiger partial charge in [0.25, 0.3) is 0 Å². The number of rotatable bonds is 5. The molecule has 0 heterocycles. The molecule has 4 heteroatoms. The minimum absolute atomic E-state index is 0.219. The van der Waals surface area contributed by atoms with Gasteiger partial charge in [-0.05, 0) is 53.6 Å². The Bertz CT molecular complexity index is 317. The summed E-state index contributed by atoms with van der Waals surface area (Å²) in [6.07, 6.45) is 1.78. The maximum Gasteiger partial charge on any atom is 0.0479 e. The Kier molecular flexibility index (Phi) is 5.17. The molecule has 84 valence electrons. The summed E-state index contributed by atoms with van der Waals surface area (Å²) in [4.78, 5) is 0. The van der Waals surface area contributed by atoms with Crippen molar-refractivity contribution in [3.05, 3.63) is 21.8 Å². The molecule has 0 aromatic heterocycles. The molecule has 1 rings (SSSR count). The molecule has 0 spiro atoms. The molecule has 0 fully saturated rings. The van der Waals surface area contributed by atoms with E-state index in [2.05, 4.69) is 34.8 Å². The summed E-state index contributed by atoms with van der Waals surface area (Å²) in [5.41, 5.74) is 7.54. The highest BCUT2D eigenvalue weighted by Crippen LogP contribution is 2.22. The number of anilines is 2. The summed E-state index contributed by atoms with van der Waals surface area (Å²) in [5, 5.41) is 12.3. The average Bonchev–Trinajstić information content (AvgIpc) is 2.21. The van der Waals surface area contributed by atoms with E-state index in [4.69, 9.17) is 10.8 Å². The molecule has 1 aromatic rings. The number of aliphatic hydroxyl groups is 1. The molecule has 0 saturated heterocycles. The second-order valence-electron chi connectivity index (χ2n) is 3.50. The molecule has 0 aliphatic rings. The van der Waals surface area contributed by atoms with Gasteiger partial charge >= 0.3 is 0 Å². The van der Waals surface area contributed by atoms with Crippen LogP contribution >= 0.6 is 22.6 Å². The van der Waals surface area contributed by atoms with Gasteiger partial charge in [0.05, 0.1) is 0 Å². The lowest BCUT2D eigenvalue weighted by atomic mass is 10.1. The summed E-state index contributed by atoms with van der Waals surface area (Å²) in [6, 6.07) is 6.13. The highest BCUT2D eigenvalue weighted by Gasteiger charge is 2.07. The van der Waals surface area contributed by atoms with Crippen molar-refractivity contribution in [2.45, 2.75) is 25.8 Å². The zero-order valence-electron chi connectivity index (χ0n) is 8.83. The first kappa shape index (κ1) is 12.6. The second kappa shape index (κ2) is 6.17. The molecule has 0 aliphatic heterocycles. The lowest BCUT2D eigenvalue weighted by Crippen LogP contribution is -2.20. The van der Waals surface area contributed by atoms with Crippen LogP contribution in [-0.4, -0.2) is 17.8 Å². The van der Waals surface area contributed by atoms with Crippen molar-refractivity contribution in [2.75, 3.05) is 17.7 Å². The van der Waals surface area contributed by atoms with Crippen LogP contribution in [0.15, 0.2) is 18.2 Å². The van der Waals surface area contributed by atoms with E-state index >= 15 is 0 Å². The number of nitrogens with two attached hydrogens (primary N) is 1. The number of nitrogen functional groups attached to an aromatic ring is 1. The van der Waals surface area contributed by atoms with Crippen LogP contribution in [-0.2, 0) is 0 Å². The molecule has 0 radical (unpaired) electrons. The third kappa shape index (κ3) is 3.87. The van der Waals surface area contributed by atoms with E-state index in [-0.39, 0.29) is 6.61 Å². The normalized spacial score (nSPS) is 12.5. The number of hydrogen-bond donors (Lipinski definition) is 3. The molecular weight excluding hydrogens is 303 g/mol. The summed E-state index contributed by atoms with van der Waals surface area (Å²) in [5.74, 6) is 0. The molecule has 3 nitrogen and oxygen atoms in total. The molecule has 0 aliphatic carbocycles. The predicted molar refractivity (Wildman–Crippen MR) is 73.0 cm³/mol. The second-order valence-corrected chi connectivity index (χ2v) is 4.66. The van der Waals surface area contributed by atoms with E-state index in [1.807, 2.05) is 18.2 Å². The van der Waals surface area contributed by atoms with Crippen molar-refractivity contribution in [3.63, 3.8) is 0 Å². The van der Waals surface area contributed by atoms with Gasteiger partial charge in [-0.15, -0.1) is 0 Å². The van der Waals surface area contributed by atoms with Gasteiger partial charge in [-0.25, -0.2) is 0 Å². The fourth-order valence-electron chi connectivity index (χ4n) is 1.40. The Balaban J connectivity index is 2.70. The minimum Gasteiger partial charge on any atom is -0.399 e. The third-order valence-corrected chi connectivity index (χ3v) is 3.22. The summed E-state index contributed by atoms with van der Waals surface area (Å²) < 4.78 is 1.11. The fraction of sp³-hybridized carbons (Fsp3) is 0.455. The highest BCUT2D eigenvalue weighted by molar-refractivity contribution is 14.1. The molecule has 0 saturated carbocycles. The Hall–Kier alpha value is -0.490. The molecule has 15 heavy (non-hydrogen) atoms. The van der Waals surface area contributed by atoms with Crippen LogP contribution in [0.3, 0.4) is 0 Å². The maximum absolute atomic E-state index is 8.90. The zero-order chi connectivity index (χ0) is 11.3. The quantitative estimate of drug-likeness (QED) is 0.577. The van der Waals surface area contributed by atoms with Crippen molar-refractivity contribution in [3.8, 4) is 0 Å². The first-order valence-electron chi connectivity index (χ1n) is 5.09. The molecule has 4 N–H and O–H groups in total. The zero-order valence-corrected chi connectivity index (χ0v) is 11.0. The van der Waals surface area contributed by atoms with E-state index in [1.54, 1.807) is 0 Å². The summed E-state index contributed by atoms with van der Waals surface area (Å²) >= 11 is 2.26. The number of halogens is 1. The van der Waals surface area contributed by atoms with Crippen LogP contribution in [0.5, 0.6) is 0 Å². The van der Waals surface area contributed by atoms with Crippen molar-refractivity contribution in [1.82, 2.24) is 0 Å². The molecule has 1 unspecified atom stereocenters. The average molecular weight is 320 g/mol. The maximum atomic E-state index is 8.90. The fourth-order valence-corrected chi connectivity index (χ4v) is 2.10. The molecule has 1 aromatic carbocycles. The number of hydrogen-bond acceptors (Lipinski definition) is 3.